The quantitative estimate of drug-likeness (QED) is 0.853. The summed E-state index contributed by atoms with van der Waals surface area (Å²) in [4.78, 5) is 9.12. The molecular formula is C13H22N4. The summed E-state index contributed by atoms with van der Waals surface area (Å²) in [6.07, 6.45) is 4.29. The first kappa shape index (κ1) is 12.3. The number of nitrogens with two attached hydrogens (primary N) is 1. The summed E-state index contributed by atoms with van der Waals surface area (Å²) in [7, 11) is 4.33. The predicted molar refractivity (Wildman–Crippen MR) is 70.6 cm³/mol. The third-order valence-corrected chi connectivity index (χ3v) is 3.59. The van der Waals surface area contributed by atoms with E-state index in [1.54, 1.807) is 0 Å². The van der Waals surface area contributed by atoms with E-state index >= 15 is 0 Å². The van der Waals surface area contributed by atoms with Gasteiger partial charge in [0.15, 0.2) is 0 Å². The van der Waals surface area contributed by atoms with Gasteiger partial charge in [-0.1, -0.05) is 0 Å². The molecule has 1 aliphatic rings. The molecule has 2 heterocycles. The van der Waals surface area contributed by atoms with Crippen LogP contribution in [0.3, 0.4) is 0 Å². The smallest absolute Gasteiger partial charge is 0.0772 e. The van der Waals surface area contributed by atoms with Gasteiger partial charge in [0.25, 0.3) is 0 Å². The molecule has 0 saturated carbocycles. The van der Waals surface area contributed by atoms with Crippen LogP contribution in [0.1, 0.15) is 18.5 Å². The second kappa shape index (κ2) is 5.47. The van der Waals surface area contributed by atoms with Gasteiger partial charge in [-0.2, -0.15) is 0 Å². The van der Waals surface area contributed by atoms with Crippen LogP contribution in [0.15, 0.2) is 18.3 Å². The minimum atomic E-state index is 0.729. The van der Waals surface area contributed by atoms with Gasteiger partial charge in [-0.15, -0.1) is 0 Å². The fraction of sp³-hybridized carbons (Fsp3) is 0.615. The Kier molecular flexibility index (Phi) is 3.97. The molecule has 0 spiro atoms. The summed E-state index contributed by atoms with van der Waals surface area (Å²) in [6.45, 7) is 3.16. The van der Waals surface area contributed by atoms with Crippen LogP contribution in [0.5, 0.6) is 0 Å². The number of likely N-dealkylation sites (tertiary alicyclic amines) is 1. The molecule has 2 N–H and O–H groups in total. The van der Waals surface area contributed by atoms with Gasteiger partial charge < -0.3 is 10.6 Å². The molecular weight excluding hydrogens is 212 g/mol. The number of aromatic nitrogens is 1. The average Bonchev–Trinajstić information content (AvgIpc) is 2.33. The Hall–Kier alpha value is -1.13. The number of piperidine rings is 1. The first-order valence-corrected chi connectivity index (χ1v) is 6.25. The monoisotopic (exact) mass is 234 g/mol. The largest absolute Gasteiger partial charge is 0.397 e. The van der Waals surface area contributed by atoms with Crippen LogP contribution in [0.25, 0.3) is 0 Å². The fourth-order valence-corrected chi connectivity index (χ4v) is 2.39. The summed E-state index contributed by atoms with van der Waals surface area (Å²) >= 11 is 0. The molecule has 1 aliphatic heterocycles. The fourth-order valence-electron chi connectivity index (χ4n) is 2.39. The van der Waals surface area contributed by atoms with Crippen LogP contribution in [0.2, 0.25) is 0 Å². The van der Waals surface area contributed by atoms with Crippen molar-refractivity contribution in [3.05, 3.63) is 24.0 Å². The van der Waals surface area contributed by atoms with Crippen molar-refractivity contribution in [1.82, 2.24) is 14.8 Å². The Morgan fingerprint density at radius 1 is 1.41 bits per heavy atom. The van der Waals surface area contributed by atoms with Crippen LogP contribution in [-0.2, 0) is 6.54 Å². The van der Waals surface area contributed by atoms with Crippen molar-refractivity contribution in [2.24, 2.45) is 0 Å². The lowest BCUT2D eigenvalue weighted by Crippen LogP contribution is -2.41. The number of hydrogen-bond donors (Lipinski definition) is 1. The minimum absolute atomic E-state index is 0.729. The summed E-state index contributed by atoms with van der Waals surface area (Å²) in [5.74, 6) is 0. The van der Waals surface area contributed by atoms with E-state index in [9.17, 15) is 0 Å². The highest BCUT2D eigenvalue weighted by molar-refractivity contribution is 5.41. The van der Waals surface area contributed by atoms with Crippen LogP contribution < -0.4 is 5.73 Å². The van der Waals surface area contributed by atoms with Crippen molar-refractivity contribution in [2.45, 2.75) is 25.4 Å². The molecule has 0 radical (unpaired) electrons. The number of nitrogens with zero attached hydrogens (tertiary/aromatic N) is 3. The van der Waals surface area contributed by atoms with Gasteiger partial charge in [0.05, 0.1) is 11.4 Å². The molecule has 1 fully saturated rings. The zero-order valence-corrected chi connectivity index (χ0v) is 10.8. The van der Waals surface area contributed by atoms with Crippen molar-refractivity contribution in [2.75, 3.05) is 32.9 Å². The maximum atomic E-state index is 5.92. The van der Waals surface area contributed by atoms with Crippen molar-refractivity contribution in [3.8, 4) is 0 Å². The molecule has 2 rings (SSSR count). The summed E-state index contributed by atoms with van der Waals surface area (Å²) in [5.41, 5.74) is 7.73. The van der Waals surface area contributed by atoms with Gasteiger partial charge in [0, 0.05) is 31.9 Å². The lowest BCUT2D eigenvalue weighted by molar-refractivity contribution is 0.139. The van der Waals surface area contributed by atoms with Crippen LogP contribution in [-0.4, -0.2) is 48.0 Å². The Morgan fingerprint density at radius 2 is 2.12 bits per heavy atom. The molecule has 1 aromatic heterocycles. The summed E-state index contributed by atoms with van der Waals surface area (Å²) < 4.78 is 0. The highest BCUT2D eigenvalue weighted by atomic mass is 15.2. The van der Waals surface area contributed by atoms with Gasteiger partial charge in [0.1, 0.15) is 0 Å². The zero-order chi connectivity index (χ0) is 12.3. The zero-order valence-electron chi connectivity index (χ0n) is 10.8. The van der Waals surface area contributed by atoms with Crippen molar-refractivity contribution in [1.29, 1.82) is 0 Å². The van der Waals surface area contributed by atoms with Gasteiger partial charge in [-0.05, 0) is 39.1 Å². The highest BCUT2D eigenvalue weighted by Gasteiger charge is 2.21. The molecule has 0 bridgehead atoms. The molecule has 0 aliphatic carbocycles. The van der Waals surface area contributed by atoms with E-state index in [4.69, 9.17) is 5.73 Å². The lowest BCUT2D eigenvalue weighted by atomic mass is 10.0. The van der Waals surface area contributed by atoms with Crippen molar-refractivity contribution in [3.63, 3.8) is 0 Å². The Bertz CT molecular complexity index is 356. The summed E-state index contributed by atoms with van der Waals surface area (Å²) in [5, 5.41) is 0. The van der Waals surface area contributed by atoms with Gasteiger partial charge in [-0.25, -0.2) is 0 Å². The van der Waals surface area contributed by atoms with E-state index in [0.717, 1.165) is 37.1 Å². The highest BCUT2D eigenvalue weighted by Crippen LogP contribution is 2.17. The minimum Gasteiger partial charge on any atom is -0.397 e. The molecule has 0 atom stereocenters. The third-order valence-electron chi connectivity index (χ3n) is 3.59. The number of hydrogen-bond acceptors (Lipinski definition) is 4. The predicted octanol–water partition coefficient (Wildman–Crippen LogP) is 1.19. The Morgan fingerprint density at radius 3 is 2.71 bits per heavy atom. The Labute approximate surface area is 103 Å². The maximum absolute atomic E-state index is 5.92. The molecule has 0 amide bonds. The number of pyridine rings is 1. The molecule has 17 heavy (non-hydrogen) atoms. The molecule has 0 unspecified atom stereocenters. The molecule has 4 nitrogen and oxygen atoms in total. The molecule has 1 saturated heterocycles. The molecule has 4 heteroatoms. The second-order valence-corrected chi connectivity index (χ2v) is 5.01. The molecule has 0 aromatic carbocycles. The first-order chi connectivity index (χ1) is 8.16. The average molecular weight is 234 g/mol. The number of nitrogen functional groups attached to an aromatic ring is 1. The lowest BCUT2D eigenvalue weighted by Gasteiger charge is -2.35. The Balaban J connectivity index is 1.88. The van der Waals surface area contributed by atoms with Crippen LogP contribution >= 0.6 is 0 Å². The first-order valence-electron chi connectivity index (χ1n) is 6.25. The van der Waals surface area contributed by atoms with Gasteiger partial charge >= 0.3 is 0 Å². The van der Waals surface area contributed by atoms with E-state index in [1.165, 1.54) is 12.8 Å². The normalized spacial score (nSPS) is 18.8. The molecule has 94 valence electrons. The standard InChI is InChI=1S/C13H22N4/c1-16(2)11-5-8-17(9-6-11)10-13-12(14)4-3-7-15-13/h3-4,7,11H,5-6,8-10,14H2,1-2H3. The maximum Gasteiger partial charge on any atom is 0.0772 e. The van der Waals surface area contributed by atoms with E-state index in [-0.39, 0.29) is 0 Å². The van der Waals surface area contributed by atoms with Crippen molar-refractivity contribution >= 4 is 5.69 Å². The van der Waals surface area contributed by atoms with E-state index in [2.05, 4.69) is 28.9 Å². The van der Waals surface area contributed by atoms with Crippen LogP contribution in [0, 0.1) is 0 Å². The molecule has 1 aromatic rings. The number of anilines is 1. The SMILES string of the molecule is CN(C)C1CCN(Cc2ncccc2N)CC1. The van der Waals surface area contributed by atoms with E-state index in [0.29, 0.717) is 0 Å². The van der Waals surface area contributed by atoms with E-state index < -0.39 is 0 Å². The topological polar surface area (TPSA) is 45.4 Å². The van der Waals surface area contributed by atoms with Gasteiger partial charge in [-0.3, -0.25) is 9.88 Å². The van der Waals surface area contributed by atoms with E-state index in [1.807, 2.05) is 18.3 Å². The summed E-state index contributed by atoms with van der Waals surface area (Å²) in [6, 6.07) is 4.54. The number of rotatable bonds is 3. The van der Waals surface area contributed by atoms with Crippen molar-refractivity contribution < 1.29 is 0 Å². The third kappa shape index (κ3) is 3.17. The second-order valence-electron chi connectivity index (χ2n) is 5.01. The van der Waals surface area contributed by atoms with Gasteiger partial charge in [0.2, 0.25) is 0 Å². The van der Waals surface area contributed by atoms with Crippen LogP contribution in [0.4, 0.5) is 5.69 Å².